The molecule has 5 heteroatoms. The quantitative estimate of drug-likeness (QED) is 0.896. The van der Waals surface area contributed by atoms with Crippen molar-refractivity contribution in [3.05, 3.63) is 71.5 Å². The van der Waals surface area contributed by atoms with Crippen LogP contribution in [0.4, 0.5) is 4.39 Å². The molecule has 0 aliphatic carbocycles. The van der Waals surface area contributed by atoms with Crippen molar-refractivity contribution in [2.45, 2.75) is 25.4 Å². The normalized spacial score (nSPS) is 16.9. The Morgan fingerprint density at radius 2 is 1.69 bits per heavy atom. The second-order valence-electron chi connectivity index (χ2n) is 6.88. The van der Waals surface area contributed by atoms with Gasteiger partial charge in [-0.2, -0.15) is 0 Å². The molecule has 1 aliphatic rings. The maximum Gasteiger partial charge on any atom is 0.239 e. The molecule has 0 radical (unpaired) electrons. The van der Waals surface area contributed by atoms with Crippen LogP contribution in [-0.4, -0.2) is 47.9 Å². The van der Waals surface area contributed by atoms with Crippen LogP contribution in [0.5, 0.6) is 0 Å². The van der Waals surface area contributed by atoms with E-state index in [4.69, 9.17) is 5.73 Å². The predicted molar refractivity (Wildman–Crippen MR) is 101 cm³/mol. The number of carbonyl (C=O) groups excluding carboxylic acids is 1. The van der Waals surface area contributed by atoms with Gasteiger partial charge in [0, 0.05) is 32.7 Å². The zero-order valence-corrected chi connectivity index (χ0v) is 15.0. The minimum absolute atomic E-state index is 0.0254. The molecule has 4 nitrogen and oxygen atoms in total. The molecule has 0 spiro atoms. The first-order chi connectivity index (χ1) is 12.6. The van der Waals surface area contributed by atoms with Crippen molar-refractivity contribution in [3.63, 3.8) is 0 Å². The summed E-state index contributed by atoms with van der Waals surface area (Å²) < 4.78 is 13.0. The van der Waals surface area contributed by atoms with Gasteiger partial charge in [0.2, 0.25) is 5.91 Å². The monoisotopic (exact) mass is 355 g/mol. The van der Waals surface area contributed by atoms with Crippen molar-refractivity contribution >= 4 is 5.91 Å². The number of hydrogen-bond acceptors (Lipinski definition) is 3. The topological polar surface area (TPSA) is 49.6 Å². The molecule has 1 heterocycles. The largest absolute Gasteiger partial charge is 0.340 e. The number of rotatable bonds is 5. The highest BCUT2D eigenvalue weighted by Gasteiger charge is 2.24. The molecule has 1 aliphatic heterocycles. The number of benzene rings is 2. The number of carbonyl (C=O) groups is 1. The van der Waals surface area contributed by atoms with Gasteiger partial charge in [-0.3, -0.25) is 9.69 Å². The Balaban J connectivity index is 1.52. The SMILES string of the molecule is NC(Cc1ccccc1)C(=O)N1CCCN(Cc2ccc(F)cc2)CC1. The van der Waals surface area contributed by atoms with E-state index in [2.05, 4.69) is 4.90 Å². The van der Waals surface area contributed by atoms with E-state index in [9.17, 15) is 9.18 Å². The Labute approximate surface area is 154 Å². The molecule has 1 amide bonds. The molecule has 2 N–H and O–H groups in total. The Morgan fingerprint density at radius 1 is 0.962 bits per heavy atom. The van der Waals surface area contributed by atoms with E-state index in [1.54, 1.807) is 0 Å². The van der Waals surface area contributed by atoms with Gasteiger partial charge in [0.15, 0.2) is 0 Å². The fourth-order valence-corrected chi connectivity index (χ4v) is 3.39. The van der Waals surface area contributed by atoms with Crippen LogP contribution in [0, 0.1) is 5.82 Å². The zero-order valence-electron chi connectivity index (χ0n) is 15.0. The summed E-state index contributed by atoms with van der Waals surface area (Å²) in [6.45, 7) is 3.93. The summed E-state index contributed by atoms with van der Waals surface area (Å²) in [6, 6.07) is 16.0. The van der Waals surface area contributed by atoms with E-state index in [0.717, 1.165) is 43.7 Å². The van der Waals surface area contributed by atoms with Gasteiger partial charge in [-0.15, -0.1) is 0 Å². The first-order valence-electron chi connectivity index (χ1n) is 9.17. The Morgan fingerprint density at radius 3 is 2.42 bits per heavy atom. The summed E-state index contributed by atoms with van der Waals surface area (Å²) >= 11 is 0. The minimum atomic E-state index is -0.499. The van der Waals surface area contributed by atoms with Crippen molar-refractivity contribution in [1.82, 2.24) is 9.80 Å². The molecule has 138 valence electrons. The average molecular weight is 355 g/mol. The number of nitrogens with zero attached hydrogens (tertiary/aromatic N) is 2. The highest BCUT2D eigenvalue weighted by Crippen LogP contribution is 2.12. The van der Waals surface area contributed by atoms with E-state index in [0.29, 0.717) is 13.0 Å². The lowest BCUT2D eigenvalue weighted by atomic mass is 10.1. The van der Waals surface area contributed by atoms with E-state index in [-0.39, 0.29) is 11.7 Å². The van der Waals surface area contributed by atoms with Gasteiger partial charge in [0.05, 0.1) is 6.04 Å². The summed E-state index contributed by atoms with van der Waals surface area (Å²) in [5.41, 5.74) is 8.34. The summed E-state index contributed by atoms with van der Waals surface area (Å²) in [7, 11) is 0. The minimum Gasteiger partial charge on any atom is -0.340 e. The van der Waals surface area contributed by atoms with E-state index in [1.165, 1.54) is 12.1 Å². The average Bonchev–Trinajstić information content (AvgIpc) is 2.89. The van der Waals surface area contributed by atoms with Gasteiger partial charge in [-0.05, 0) is 36.1 Å². The fourth-order valence-electron chi connectivity index (χ4n) is 3.39. The first-order valence-corrected chi connectivity index (χ1v) is 9.17. The van der Waals surface area contributed by atoms with Crippen molar-refractivity contribution in [1.29, 1.82) is 0 Å². The molecule has 1 unspecified atom stereocenters. The third kappa shape index (κ3) is 5.13. The number of hydrogen-bond donors (Lipinski definition) is 1. The lowest BCUT2D eigenvalue weighted by Crippen LogP contribution is -2.46. The van der Waals surface area contributed by atoms with Crippen LogP contribution in [0.15, 0.2) is 54.6 Å². The van der Waals surface area contributed by atoms with Crippen LogP contribution in [0.1, 0.15) is 17.5 Å². The van der Waals surface area contributed by atoms with Crippen LogP contribution in [0.3, 0.4) is 0 Å². The van der Waals surface area contributed by atoms with E-state index < -0.39 is 6.04 Å². The molecular weight excluding hydrogens is 329 g/mol. The lowest BCUT2D eigenvalue weighted by molar-refractivity contribution is -0.132. The van der Waals surface area contributed by atoms with Crippen molar-refractivity contribution in [3.8, 4) is 0 Å². The first kappa shape index (κ1) is 18.5. The maximum absolute atomic E-state index is 13.0. The van der Waals surface area contributed by atoms with E-state index >= 15 is 0 Å². The van der Waals surface area contributed by atoms with Crippen LogP contribution >= 0.6 is 0 Å². The fraction of sp³-hybridized carbons (Fsp3) is 0.381. The van der Waals surface area contributed by atoms with E-state index in [1.807, 2.05) is 47.4 Å². The maximum atomic E-state index is 13.0. The van der Waals surface area contributed by atoms with Gasteiger partial charge in [0.1, 0.15) is 5.82 Å². The number of nitrogens with two attached hydrogens (primary N) is 1. The highest BCUT2D eigenvalue weighted by molar-refractivity contribution is 5.82. The molecule has 2 aromatic rings. The van der Waals surface area contributed by atoms with Crippen LogP contribution in [-0.2, 0) is 17.8 Å². The molecule has 3 rings (SSSR count). The molecule has 0 bridgehead atoms. The van der Waals surface area contributed by atoms with Crippen LogP contribution < -0.4 is 5.73 Å². The Hall–Kier alpha value is -2.24. The van der Waals surface area contributed by atoms with Gasteiger partial charge < -0.3 is 10.6 Å². The van der Waals surface area contributed by atoms with Gasteiger partial charge in [-0.25, -0.2) is 4.39 Å². The lowest BCUT2D eigenvalue weighted by Gasteiger charge is -2.25. The predicted octanol–water partition coefficient (Wildman–Crippen LogP) is 2.43. The third-order valence-electron chi connectivity index (χ3n) is 4.84. The molecule has 0 saturated carbocycles. The number of halogens is 1. The molecule has 2 aromatic carbocycles. The second kappa shape index (κ2) is 8.92. The van der Waals surface area contributed by atoms with Gasteiger partial charge in [0.25, 0.3) is 0 Å². The molecule has 1 atom stereocenters. The molecule has 26 heavy (non-hydrogen) atoms. The summed E-state index contributed by atoms with van der Waals surface area (Å²) in [5, 5.41) is 0. The molecule has 1 saturated heterocycles. The second-order valence-corrected chi connectivity index (χ2v) is 6.88. The van der Waals surface area contributed by atoms with Crippen molar-refractivity contribution in [2.24, 2.45) is 5.73 Å². The van der Waals surface area contributed by atoms with Crippen LogP contribution in [0.25, 0.3) is 0 Å². The van der Waals surface area contributed by atoms with Crippen molar-refractivity contribution < 1.29 is 9.18 Å². The summed E-state index contributed by atoms with van der Waals surface area (Å²) in [6.07, 6.45) is 1.49. The molecule has 0 aromatic heterocycles. The Bertz CT molecular complexity index is 705. The van der Waals surface area contributed by atoms with Gasteiger partial charge in [-0.1, -0.05) is 42.5 Å². The molecule has 1 fully saturated rings. The standard InChI is InChI=1S/C21H26FN3O/c22-19-9-7-18(8-10-19)16-24-11-4-12-25(14-13-24)21(26)20(23)15-17-5-2-1-3-6-17/h1-3,5-10,20H,4,11-16,23H2. The highest BCUT2D eigenvalue weighted by atomic mass is 19.1. The van der Waals surface area contributed by atoms with Crippen molar-refractivity contribution in [2.75, 3.05) is 26.2 Å². The third-order valence-corrected chi connectivity index (χ3v) is 4.84. The smallest absolute Gasteiger partial charge is 0.239 e. The number of amides is 1. The van der Waals surface area contributed by atoms with Gasteiger partial charge >= 0.3 is 0 Å². The zero-order chi connectivity index (χ0) is 18.4. The van der Waals surface area contributed by atoms with Crippen LogP contribution in [0.2, 0.25) is 0 Å². The summed E-state index contributed by atoms with van der Waals surface area (Å²) in [4.78, 5) is 16.9. The Kier molecular flexibility index (Phi) is 6.36. The summed E-state index contributed by atoms with van der Waals surface area (Å²) in [5.74, 6) is -0.189. The molecular formula is C21H26FN3O.